The van der Waals surface area contributed by atoms with E-state index in [4.69, 9.17) is 12.2 Å². The Hall–Kier alpha value is -2.08. The molecule has 0 unspecified atom stereocenters. The number of fused-ring (bicyclic) bond motifs is 1. The van der Waals surface area contributed by atoms with Gasteiger partial charge in [-0.15, -0.1) is 0 Å². The van der Waals surface area contributed by atoms with Crippen LogP contribution in [0.25, 0.3) is 16.6 Å². The lowest BCUT2D eigenvalue weighted by Crippen LogP contribution is -1.99. The highest BCUT2D eigenvalue weighted by Gasteiger charge is 2.13. The first kappa shape index (κ1) is 12.0. The molecule has 2 N–H and O–H groups in total. The van der Waals surface area contributed by atoms with Crippen molar-refractivity contribution in [2.24, 2.45) is 0 Å². The maximum atomic E-state index is 10.1. The number of nitrogens with zero attached hydrogens (tertiary/aromatic N) is 3. The lowest BCUT2D eigenvalue weighted by Gasteiger charge is -2.12. The molecular weight excluding hydrogens is 260 g/mol. The summed E-state index contributed by atoms with van der Waals surface area (Å²) in [6.45, 7) is 4.16. The number of phenolic OH excluding ortho intramolecular Hbond substituents is 1. The molecule has 2 aromatic heterocycles. The van der Waals surface area contributed by atoms with Gasteiger partial charge in [-0.3, -0.25) is 9.67 Å². The molecule has 19 heavy (non-hydrogen) atoms. The second-order valence-corrected chi connectivity index (χ2v) is 5.10. The van der Waals surface area contributed by atoms with Gasteiger partial charge in [0.1, 0.15) is 12.1 Å². The van der Waals surface area contributed by atoms with Crippen LogP contribution >= 0.6 is 12.2 Å². The summed E-state index contributed by atoms with van der Waals surface area (Å²) in [6, 6.07) is 5.79. The van der Waals surface area contributed by atoms with Gasteiger partial charge in [-0.2, -0.15) is 5.10 Å². The molecule has 0 atom stereocenters. The lowest BCUT2D eigenvalue weighted by atomic mass is 10.2. The summed E-state index contributed by atoms with van der Waals surface area (Å²) in [7, 11) is 0. The third kappa shape index (κ3) is 1.76. The van der Waals surface area contributed by atoms with Gasteiger partial charge in [0, 0.05) is 17.6 Å². The molecule has 0 radical (unpaired) electrons. The highest BCUT2D eigenvalue weighted by Crippen LogP contribution is 2.32. The standard InChI is InChI=1S/C13H14N4OS/c1-8(2)16-6-5-9-10(3-4-11(18)12(9)16)17-7-14-15-13(17)19/h3-8,18H,1-2H3,(H,15,19). The number of hydrogen-bond donors (Lipinski definition) is 2. The predicted molar refractivity (Wildman–Crippen MR) is 76.3 cm³/mol. The molecule has 1 aromatic carbocycles. The number of aromatic hydroxyl groups is 1. The van der Waals surface area contributed by atoms with Crippen LogP contribution in [0.5, 0.6) is 5.75 Å². The summed E-state index contributed by atoms with van der Waals surface area (Å²) >= 11 is 5.20. The van der Waals surface area contributed by atoms with Crippen LogP contribution in [0, 0.1) is 4.77 Å². The molecule has 0 amide bonds. The summed E-state index contributed by atoms with van der Waals surface area (Å²) in [4.78, 5) is 0. The fourth-order valence-electron chi connectivity index (χ4n) is 2.31. The fraction of sp³-hybridized carbons (Fsp3) is 0.231. The van der Waals surface area contributed by atoms with Crippen molar-refractivity contribution in [3.05, 3.63) is 35.5 Å². The summed E-state index contributed by atoms with van der Waals surface area (Å²) in [6.07, 6.45) is 3.61. The number of aromatic nitrogens is 4. The van der Waals surface area contributed by atoms with Crippen molar-refractivity contribution < 1.29 is 5.11 Å². The Kier molecular flexibility index (Phi) is 2.67. The van der Waals surface area contributed by atoms with Gasteiger partial charge < -0.3 is 9.67 Å². The van der Waals surface area contributed by atoms with Crippen molar-refractivity contribution in [1.82, 2.24) is 19.3 Å². The van der Waals surface area contributed by atoms with E-state index in [-0.39, 0.29) is 11.8 Å². The quantitative estimate of drug-likeness (QED) is 0.706. The number of benzene rings is 1. The highest BCUT2D eigenvalue weighted by atomic mass is 32.1. The van der Waals surface area contributed by atoms with E-state index in [1.165, 1.54) is 0 Å². The molecule has 98 valence electrons. The molecule has 0 spiro atoms. The smallest absolute Gasteiger partial charge is 0.199 e. The molecule has 0 bridgehead atoms. The molecule has 0 aliphatic rings. The first-order valence-electron chi connectivity index (χ1n) is 6.04. The zero-order valence-corrected chi connectivity index (χ0v) is 11.5. The van der Waals surface area contributed by atoms with Crippen LogP contribution in [0.3, 0.4) is 0 Å². The average molecular weight is 274 g/mol. The van der Waals surface area contributed by atoms with E-state index < -0.39 is 0 Å². The first-order chi connectivity index (χ1) is 9.09. The highest BCUT2D eigenvalue weighted by molar-refractivity contribution is 7.71. The van der Waals surface area contributed by atoms with Crippen LogP contribution in [-0.2, 0) is 0 Å². The second kappa shape index (κ2) is 4.24. The predicted octanol–water partition coefficient (Wildman–Crippen LogP) is 3.17. The number of H-pyrrole nitrogens is 1. The fourth-order valence-corrected chi connectivity index (χ4v) is 2.51. The summed E-state index contributed by atoms with van der Waals surface area (Å²) < 4.78 is 4.36. The van der Waals surface area contributed by atoms with Crippen LogP contribution in [0.1, 0.15) is 19.9 Å². The monoisotopic (exact) mass is 274 g/mol. The summed E-state index contributed by atoms with van der Waals surface area (Å²) in [5, 5.41) is 17.7. The number of rotatable bonds is 2. The van der Waals surface area contributed by atoms with Crippen LogP contribution < -0.4 is 0 Å². The minimum absolute atomic E-state index is 0.271. The molecule has 0 aliphatic heterocycles. The second-order valence-electron chi connectivity index (χ2n) is 4.71. The minimum atomic E-state index is 0.271. The van der Waals surface area contributed by atoms with Gasteiger partial charge in [0.2, 0.25) is 0 Å². The number of hydrogen-bond acceptors (Lipinski definition) is 3. The van der Waals surface area contributed by atoms with Gasteiger partial charge in [0.15, 0.2) is 4.77 Å². The van der Waals surface area contributed by atoms with Crippen LogP contribution in [-0.4, -0.2) is 24.4 Å². The van der Waals surface area contributed by atoms with Gasteiger partial charge in [0.05, 0.1) is 11.2 Å². The molecule has 3 aromatic rings. The van der Waals surface area contributed by atoms with E-state index >= 15 is 0 Å². The number of nitrogens with one attached hydrogen (secondary N) is 1. The Morgan fingerprint density at radius 1 is 1.32 bits per heavy atom. The topological polar surface area (TPSA) is 58.8 Å². The summed E-state index contributed by atoms with van der Waals surface area (Å²) in [5.74, 6) is 0.271. The van der Waals surface area contributed by atoms with Crippen LogP contribution in [0.4, 0.5) is 0 Å². The number of phenols is 1. The van der Waals surface area contributed by atoms with Gasteiger partial charge in [-0.25, -0.2) is 0 Å². The molecule has 0 fully saturated rings. The zero-order valence-electron chi connectivity index (χ0n) is 10.7. The van der Waals surface area contributed by atoms with Gasteiger partial charge in [0.25, 0.3) is 0 Å². The lowest BCUT2D eigenvalue weighted by molar-refractivity contribution is 0.475. The third-order valence-corrected chi connectivity index (χ3v) is 3.49. The first-order valence-corrected chi connectivity index (χ1v) is 6.45. The maximum absolute atomic E-state index is 10.1. The Morgan fingerprint density at radius 3 is 2.74 bits per heavy atom. The van der Waals surface area contributed by atoms with Crippen LogP contribution in [0.15, 0.2) is 30.7 Å². The van der Waals surface area contributed by atoms with Crippen molar-refractivity contribution in [2.45, 2.75) is 19.9 Å². The van der Waals surface area contributed by atoms with Crippen molar-refractivity contribution >= 4 is 23.1 Å². The maximum Gasteiger partial charge on any atom is 0.199 e. The Labute approximate surface area is 115 Å². The third-order valence-electron chi connectivity index (χ3n) is 3.20. The molecule has 2 heterocycles. The zero-order chi connectivity index (χ0) is 13.6. The molecular formula is C13H14N4OS. The van der Waals surface area contributed by atoms with E-state index in [2.05, 4.69) is 24.0 Å². The summed E-state index contributed by atoms with van der Waals surface area (Å²) in [5.41, 5.74) is 1.72. The Balaban J connectivity index is 2.38. The normalized spacial score (nSPS) is 11.5. The van der Waals surface area contributed by atoms with E-state index in [1.54, 1.807) is 17.0 Å². The van der Waals surface area contributed by atoms with Crippen molar-refractivity contribution in [2.75, 3.05) is 0 Å². The van der Waals surface area contributed by atoms with Gasteiger partial charge >= 0.3 is 0 Å². The Morgan fingerprint density at radius 2 is 2.11 bits per heavy atom. The average Bonchev–Trinajstić information content (AvgIpc) is 2.97. The molecule has 6 heteroatoms. The molecule has 0 aliphatic carbocycles. The van der Waals surface area contributed by atoms with E-state index in [9.17, 15) is 5.11 Å². The minimum Gasteiger partial charge on any atom is -0.506 e. The van der Waals surface area contributed by atoms with E-state index in [0.717, 1.165) is 16.6 Å². The number of aromatic amines is 1. The molecule has 5 nitrogen and oxygen atoms in total. The SMILES string of the molecule is CC(C)n1ccc2c(-n3cn[nH]c3=S)ccc(O)c21. The van der Waals surface area contributed by atoms with Gasteiger partial charge in [-0.1, -0.05) is 0 Å². The molecule has 3 rings (SSSR count). The van der Waals surface area contributed by atoms with Crippen molar-refractivity contribution in [3.63, 3.8) is 0 Å². The molecule has 0 saturated carbocycles. The van der Waals surface area contributed by atoms with Gasteiger partial charge in [-0.05, 0) is 44.3 Å². The Bertz CT molecular complexity index is 796. The molecule has 0 saturated heterocycles. The van der Waals surface area contributed by atoms with E-state index in [1.807, 2.05) is 22.9 Å². The van der Waals surface area contributed by atoms with E-state index in [0.29, 0.717) is 4.77 Å². The van der Waals surface area contributed by atoms with Crippen molar-refractivity contribution in [3.8, 4) is 11.4 Å². The van der Waals surface area contributed by atoms with Crippen LogP contribution in [0.2, 0.25) is 0 Å². The van der Waals surface area contributed by atoms with Crippen molar-refractivity contribution in [1.29, 1.82) is 0 Å². The largest absolute Gasteiger partial charge is 0.506 e.